The molecule has 0 aliphatic heterocycles. The highest BCUT2D eigenvalue weighted by Crippen LogP contribution is 2.37. The predicted octanol–water partition coefficient (Wildman–Crippen LogP) is 6.10. The summed E-state index contributed by atoms with van der Waals surface area (Å²) >= 11 is 8.20. The Hall–Kier alpha value is -2.49. The molecule has 0 aliphatic carbocycles. The van der Waals surface area contributed by atoms with Gasteiger partial charge in [0.05, 0.1) is 31.9 Å². The fraction of sp³-hybridized carbons (Fsp3) is 0.321. The summed E-state index contributed by atoms with van der Waals surface area (Å²) in [5.41, 5.74) is 3.64. The average Bonchev–Trinajstić information content (AvgIpc) is 3.53. The number of nitrogens with zero attached hydrogens (tertiary/aromatic N) is 4. The normalized spacial score (nSPS) is 12.1. The van der Waals surface area contributed by atoms with Gasteiger partial charge in [0.15, 0.2) is 9.84 Å². The first-order valence-electron chi connectivity index (χ1n) is 12.3. The van der Waals surface area contributed by atoms with Gasteiger partial charge < -0.3 is 4.90 Å². The summed E-state index contributed by atoms with van der Waals surface area (Å²) < 4.78 is 26.1. The first-order valence-corrected chi connectivity index (χ1v) is 15.4. The minimum Gasteiger partial charge on any atom is -0.305 e. The van der Waals surface area contributed by atoms with Crippen molar-refractivity contribution in [1.82, 2.24) is 19.6 Å². The van der Waals surface area contributed by atoms with Crippen molar-refractivity contribution >= 4 is 32.8 Å². The Labute approximate surface area is 229 Å². The van der Waals surface area contributed by atoms with Crippen molar-refractivity contribution in [2.24, 2.45) is 0 Å². The van der Waals surface area contributed by atoms with Gasteiger partial charge in [-0.15, -0.1) is 11.3 Å². The molecule has 2 aromatic carbocycles. The molecule has 0 saturated heterocycles. The van der Waals surface area contributed by atoms with Crippen LogP contribution in [0.4, 0.5) is 0 Å². The molecule has 4 rings (SSSR count). The van der Waals surface area contributed by atoms with Crippen LogP contribution in [0.25, 0.3) is 26.7 Å². The maximum absolute atomic E-state index is 12.1. The molecule has 4 aromatic rings. The number of likely N-dealkylation sites (N-methyl/N-ethyl adjacent to an activating group) is 2. The molecule has 0 unspecified atom stereocenters. The Bertz CT molecular complexity index is 1460. The Morgan fingerprint density at radius 3 is 2.41 bits per heavy atom. The van der Waals surface area contributed by atoms with Crippen LogP contribution >= 0.6 is 22.9 Å². The Kier molecular flexibility index (Phi) is 8.87. The predicted molar refractivity (Wildman–Crippen MR) is 155 cm³/mol. The van der Waals surface area contributed by atoms with E-state index in [1.54, 1.807) is 29.5 Å². The largest absolute Gasteiger partial charge is 0.305 e. The molecule has 6 nitrogen and oxygen atoms in total. The topological polar surface area (TPSA) is 58.4 Å². The van der Waals surface area contributed by atoms with Crippen LogP contribution in [0.2, 0.25) is 5.02 Å². The number of benzene rings is 2. The zero-order valence-corrected chi connectivity index (χ0v) is 24.1. The van der Waals surface area contributed by atoms with Crippen LogP contribution < -0.4 is 0 Å². The van der Waals surface area contributed by atoms with Crippen LogP contribution in [0.15, 0.2) is 71.6 Å². The third kappa shape index (κ3) is 6.69. The van der Waals surface area contributed by atoms with Gasteiger partial charge in [-0.25, -0.2) is 13.1 Å². The number of hydrogen-bond acceptors (Lipinski definition) is 6. The number of hydrogen-bond donors (Lipinski definition) is 0. The van der Waals surface area contributed by atoms with Crippen molar-refractivity contribution in [2.75, 3.05) is 39.5 Å². The minimum atomic E-state index is -3.28. The molecule has 0 atom stereocenters. The molecule has 0 radical (unpaired) electrons. The molecule has 0 bridgehead atoms. The summed E-state index contributed by atoms with van der Waals surface area (Å²) in [5.74, 6) is 0. The van der Waals surface area contributed by atoms with Crippen molar-refractivity contribution in [3.05, 3.63) is 77.4 Å². The molecule has 0 spiro atoms. The smallest absolute Gasteiger partial charge is 0.175 e. The van der Waals surface area contributed by atoms with Crippen LogP contribution in [0, 0.1) is 0 Å². The first kappa shape index (κ1) is 27.5. The van der Waals surface area contributed by atoms with Crippen molar-refractivity contribution < 1.29 is 8.42 Å². The van der Waals surface area contributed by atoms with Gasteiger partial charge in [0.25, 0.3) is 0 Å². The average molecular weight is 557 g/mol. The molecule has 0 aliphatic rings. The molecule has 0 fully saturated rings. The van der Waals surface area contributed by atoms with Crippen molar-refractivity contribution in [2.45, 2.75) is 25.3 Å². The van der Waals surface area contributed by atoms with Crippen LogP contribution in [0.3, 0.4) is 0 Å². The fourth-order valence-electron chi connectivity index (χ4n) is 4.05. The summed E-state index contributed by atoms with van der Waals surface area (Å²) in [5, 5.41) is 5.62. The van der Waals surface area contributed by atoms with E-state index in [1.165, 1.54) is 6.26 Å². The fourth-order valence-corrected chi connectivity index (χ4v) is 5.94. The standard InChI is InChI=1S/C28H33ClN4O2S2/c1-5-31(3)16-17-32(6-2)20-22-19-26(33(30-22)25-13-8-7-12-24(25)29)28-15-14-27(36-28)21-10-9-11-23(18-21)37(4,34)35/h7-15,18-19H,5-6,16-17,20H2,1-4H3. The first-order chi connectivity index (χ1) is 17.7. The van der Waals surface area contributed by atoms with Gasteiger partial charge in [-0.2, -0.15) is 5.10 Å². The lowest BCUT2D eigenvalue weighted by atomic mass is 10.2. The Morgan fingerprint density at radius 1 is 0.946 bits per heavy atom. The van der Waals surface area contributed by atoms with Gasteiger partial charge in [0.1, 0.15) is 0 Å². The summed E-state index contributed by atoms with van der Waals surface area (Å²) in [6.07, 6.45) is 1.23. The number of rotatable bonds is 11. The summed E-state index contributed by atoms with van der Waals surface area (Å²) in [6.45, 7) is 9.02. The Balaban J connectivity index is 1.71. The van der Waals surface area contributed by atoms with Crippen molar-refractivity contribution in [3.8, 4) is 26.7 Å². The van der Waals surface area contributed by atoms with Crippen LogP contribution in [-0.2, 0) is 16.4 Å². The second kappa shape index (κ2) is 11.9. The van der Waals surface area contributed by atoms with Gasteiger partial charge >= 0.3 is 0 Å². The van der Waals surface area contributed by atoms with Gasteiger partial charge in [-0.3, -0.25) is 4.90 Å². The molecular weight excluding hydrogens is 524 g/mol. The Morgan fingerprint density at radius 2 is 1.70 bits per heavy atom. The van der Waals surface area contributed by atoms with E-state index in [-0.39, 0.29) is 0 Å². The lowest BCUT2D eigenvalue weighted by Gasteiger charge is -2.22. The van der Waals surface area contributed by atoms with E-state index in [0.717, 1.165) is 65.1 Å². The van der Waals surface area contributed by atoms with Crippen molar-refractivity contribution in [1.29, 1.82) is 0 Å². The summed E-state index contributed by atoms with van der Waals surface area (Å²) in [4.78, 5) is 7.05. The van der Waals surface area contributed by atoms with E-state index in [1.807, 2.05) is 41.1 Å². The van der Waals surface area contributed by atoms with Crippen LogP contribution in [0.5, 0.6) is 0 Å². The molecule has 0 saturated carbocycles. The third-order valence-electron chi connectivity index (χ3n) is 6.42. The zero-order chi connectivity index (χ0) is 26.6. The van der Waals surface area contributed by atoms with E-state index >= 15 is 0 Å². The van der Waals surface area contributed by atoms with Gasteiger partial charge in [0, 0.05) is 30.8 Å². The molecule has 37 heavy (non-hydrogen) atoms. The highest BCUT2D eigenvalue weighted by molar-refractivity contribution is 7.90. The SMILES string of the molecule is CCN(C)CCN(CC)Cc1cc(-c2ccc(-c3cccc(S(C)(=O)=O)c3)s2)n(-c2ccccc2Cl)n1. The second-order valence-electron chi connectivity index (χ2n) is 9.11. The number of halogens is 1. The molecule has 0 amide bonds. The number of para-hydroxylation sites is 1. The lowest BCUT2D eigenvalue weighted by Crippen LogP contribution is -2.32. The van der Waals surface area contributed by atoms with Crippen LogP contribution in [0.1, 0.15) is 19.5 Å². The zero-order valence-electron chi connectivity index (χ0n) is 21.7. The molecule has 0 N–H and O–H groups in total. The van der Waals surface area contributed by atoms with Gasteiger partial charge in [0.2, 0.25) is 0 Å². The maximum atomic E-state index is 12.1. The second-order valence-corrected chi connectivity index (χ2v) is 12.6. The molecule has 2 aromatic heterocycles. The minimum absolute atomic E-state index is 0.316. The monoisotopic (exact) mass is 556 g/mol. The summed E-state index contributed by atoms with van der Waals surface area (Å²) in [7, 11) is -1.14. The van der Waals surface area contributed by atoms with E-state index in [4.69, 9.17) is 16.7 Å². The number of thiophene rings is 1. The number of sulfone groups is 1. The molecular formula is C28H33ClN4O2S2. The third-order valence-corrected chi connectivity index (χ3v) is 9.00. The van der Waals surface area contributed by atoms with Crippen LogP contribution in [-0.4, -0.2) is 67.5 Å². The number of aromatic nitrogens is 2. The molecule has 196 valence electrons. The van der Waals surface area contributed by atoms with E-state index in [2.05, 4.69) is 42.8 Å². The van der Waals surface area contributed by atoms with Gasteiger partial charge in [-0.1, -0.05) is 49.7 Å². The molecule has 9 heteroatoms. The van der Waals surface area contributed by atoms with E-state index < -0.39 is 9.84 Å². The van der Waals surface area contributed by atoms with E-state index in [0.29, 0.717) is 9.92 Å². The van der Waals surface area contributed by atoms with E-state index in [9.17, 15) is 8.42 Å². The van der Waals surface area contributed by atoms with Crippen molar-refractivity contribution in [3.63, 3.8) is 0 Å². The maximum Gasteiger partial charge on any atom is 0.175 e. The lowest BCUT2D eigenvalue weighted by molar-refractivity contribution is 0.229. The quantitative estimate of drug-likeness (QED) is 0.223. The summed E-state index contributed by atoms with van der Waals surface area (Å²) in [6, 6.07) is 21.0. The molecule has 2 heterocycles. The van der Waals surface area contributed by atoms with Gasteiger partial charge in [-0.05, 0) is 68.2 Å². The highest BCUT2D eigenvalue weighted by Gasteiger charge is 2.18. The highest BCUT2D eigenvalue weighted by atomic mass is 35.5.